The van der Waals surface area contributed by atoms with Crippen molar-refractivity contribution < 1.29 is 18.3 Å². The average Bonchev–Trinajstić information content (AvgIpc) is 3.07. The highest BCUT2D eigenvalue weighted by Gasteiger charge is 2.33. The van der Waals surface area contributed by atoms with E-state index in [0.717, 1.165) is 73.7 Å². The highest BCUT2D eigenvalue weighted by atomic mass is 19.1. The van der Waals surface area contributed by atoms with E-state index in [-0.39, 0.29) is 23.8 Å². The molecule has 2 saturated heterocycles. The molecule has 4 fully saturated rings. The first kappa shape index (κ1) is 32.2. The van der Waals surface area contributed by atoms with E-state index >= 15 is 8.78 Å². The summed E-state index contributed by atoms with van der Waals surface area (Å²) in [5.74, 6) is 3.91. The lowest BCUT2D eigenvalue weighted by molar-refractivity contribution is -0.0406. The van der Waals surface area contributed by atoms with E-state index in [4.69, 9.17) is 9.47 Å². The van der Waals surface area contributed by atoms with Crippen LogP contribution < -0.4 is 0 Å². The molecule has 0 spiro atoms. The number of hydrogen-bond donors (Lipinski definition) is 0. The maximum absolute atomic E-state index is 15.3. The summed E-state index contributed by atoms with van der Waals surface area (Å²) >= 11 is 0. The predicted octanol–water partition coefficient (Wildman–Crippen LogP) is 11.8. The fourth-order valence-electron chi connectivity index (χ4n) is 9.43. The van der Waals surface area contributed by atoms with Crippen LogP contribution in [-0.4, -0.2) is 13.2 Å². The van der Waals surface area contributed by atoms with Crippen molar-refractivity contribution in [2.45, 2.75) is 129 Å². The minimum atomic E-state index is -0.384. The van der Waals surface area contributed by atoms with E-state index in [1.807, 2.05) is 24.3 Å². The van der Waals surface area contributed by atoms with Gasteiger partial charge in [0.05, 0.1) is 25.4 Å². The molecular formula is C40H56F2O2. The van der Waals surface area contributed by atoms with Crippen molar-refractivity contribution in [3.05, 3.63) is 59.2 Å². The first-order chi connectivity index (χ1) is 21.5. The van der Waals surface area contributed by atoms with E-state index in [1.165, 1.54) is 89.2 Å². The normalized spacial score (nSPS) is 33.3. The summed E-state index contributed by atoms with van der Waals surface area (Å²) in [6.07, 6.45) is 20.3. The van der Waals surface area contributed by atoms with Crippen LogP contribution >= 0.6 is 0 Å². The van der Waals surface area contributed by atoms with Gasteiger partial charge in [0.25, 0.3) is 0 Å². The van der Waals surface area contributed by atoms with Gasteiger partial charge in [-0.05, 0) is 122 Å². The Balaban J connectivity index is 1.06. The minimum absolute atomic E-state index is 0.0519. The van der Waals surface area contributed by atoms with Gasteiger partial charge in [-0.2, -0.15) is 0 Å². The van der Waals surface area contributed by atoms with Gasteiger partial charge in [-0.15, -0.1) is 0 Å². The van der Waals surface area contributed by atoms with Crippen LogP contribution in [0.3, 0.4) is 0 Å². The Morgan fingerprint density at radius 3 is 1.25 bits per heavy atom. The van der Waals surface area contributed by atoms with Crippen LogP contribution in [0.25, 0.3) is 11.1 Å². The summed E-state index contributed by atoms with van der Waals surface area (Å²) < 4.78 is 43.4. The Labute approximate surface area is 265 Å². The van der Waals surface area contributed by atoms with Gasteiger partial charge in [-0.1, -0.05) is 77.3 Å². The second kappa shape index (κ2) is 15.2. The molecule has 44 heavy (non-hydrogen) atoms. The Kier molecular flexibility index (Phi) is 11.1. The number of halogens is 2. The summed E-state index contributed by atoms with van der Waals surface area (Å²) in [7, 11) is 0. The molecule has 0 N–H and O–H groups in total. The maximum Gasteiger partial charge on any atom is 0.131 e. The summed E-state index contributed by atoms with van der Waals surface area (Å²) in [5.41, 5.74) is 2.59. The monoisotopic (exact) mass is 606 g/mol. The Bertz CT molecular complexity index is 1090. The minimum Gasteiger partial charge on any atom is -0.373 e. The van der Waals surface area contributed by atoms with Gasteiger partial charge in [-0.25, -0.2) is 8.78 Å². The molecule has 4 heteroatoms. The van der Waals surface area contributed by atoms with Crippen molar-refractivity contribution in [2.24, 2.45) is 35.5 Å². The lowest BCUT2D eigenvalue weighted by Crippen LogP contribution is -2.29. The van der Waals surface area contributed by atoms with Gasteiger partial charge in [-0.3, -0.25) is 0 Å². The van der Waals surface area contributed by atoms with E-state index in [1.54, 1.807) is 0 Å². The Morgan fingerprint density at radius 1 is 0.523 bits per heavy atom. The van der Waals surface area contributed by atoms with Crippen molar-refractivity contribution in [3.63, 3.8) is 0 Å². The topological polar surface area (TPSA) is 18.5 Å². The molecule has 4 unspecified atom stereocenters. The highest BCUT2D eigenvalue weighted by molar-refractivity contribution is 5.67. The Morgan fingerprint density at radius 2 is 0.909 bits per heavy atom. The molecule has 0 bridgehead atoms. The number of ether oxygens (including phenoxy) is 2. The first-order valence-corrected chi connectivity index (χ1v) is 18.3. The van der Waals surface area contributed by atoms with Crippen LogP contribution in [0, 0.1) is 47.1 Å². The maximum atomic E-state index is 15.3. The zero-order valence-electron chi connectivity index (χ0n) is 27.4. The molecule has 2 aliphatic carbocycles. The van der Waals surface area contributed by atoms with Crippen molar-refractivity contribution in [3.8, 4) is 11.1 Å². The van der Waals surface area contributed by atoms with Crippen LogP contribution in [0.5, 0.6) is 0 Å². The van der Waals surface area contributed by atoms with Crippen molar-refractivity contribution in [1.29, 1.82) is 0 Å². The second-order valence-electron chi connectivity index (χ2n) is 14.9. The molecule has 2 nitrogen and oxygen atoms in total. The van der Waals surface area contributed by atoms with E-state index in [9.17, 15) is 0 Å². The molecule has 4 aliphatic rings. The third-order valence-electron chi connectivity index (χ3n) is 12.1. The third-order valence-corrected chi connectivity index (χ3v) is 12.1. The van der Waals surface area contributed by atoms with Gasteiger partial charge in [0, 0.05) is 11.1 Å². The third kappa shape index (κ3) is 7.60. The molecule has 6 rings (SSSR count). The molecule has 2 aromatic rings. The molecule has 2 aromatic carbocycles. The van der Waals surface area contributed by atoms with Crippen LogP contribution in [0.2, 0.25) is 0 Å². The van der Waals surface area contributed by atoms with Crippen LogP contribution in [-0.2, 0) is 9.47 Å². The SMILES string of the molecule is CCCC1CCC(C2CCC(c3ccc(F)c(-c4cc(C5CCC(C6CCC(CCC)CC6)CO5)ccc4F)c3)OC2)CC1. The lowest BCUT2D eigenvalue weighted by Gasteiger charge is -2.38. The van der Waals surface area contributed by atoms with E-state index < -0.39 is 0 Å². The van der Waals surface area contributed by atoms with Gasteiger partial charge in [0.1, 0.15) is 11.6 Å². The van der Waals surface area contributed by atoms with E-state index in [0.29, 0.717) is 23.0 Å². The Hall–Kier alpha value is -1.78. The van der Waals surface area contributed by atoms with E-state index in [2.05, 4.69) is 13.8 Å². The van der Waals surface area contributed by atoms with Crippen LogP contribution in [0.1, 0.15) is 140 Å². The molecule has 2 heterocycles. The van der Waals surface area contributed by atoms with Gasteiger partial charge >= 0.3 is 0 Å². The summed E-state index contributed by atoms with van der Waals surface area (Å²) in [4.78, 5) is 0. The molecule has 0 amide bonds. The van der Waals surface area contributed by atoms with Crippen molar-refractivity contribution >= 4 is 0 Å². The molecule has 0 radical (unpaired) electrons. The molecule has 4 atom stereocenters. The standard InChI is InChI=1S/C40H56F2O2/c1-3-5-27-7-11-29(12-8-27)33-17-21-39(43-25-33)31-15-19-37(41)35(23-31)36-24-32(16-20-38(36)42)40-22-18-34(26-44-40)30-13-9-28(6-4-2)10-14-30/h15-16,19-20,23-24,27-30,33-34,39-40H,3-14,17-18,21-22,25-26H2,1-2H3. The van der Waals surface area contributed by atoms with Crippen molar-refractivity contribution in [2.75, 3.05) is 13.2 Å². The zero-order valence-corrected chi connectivity index (χ0v) is 27.4. The first-order valence-electron chi connectivity index (χ1n) is 18.3. The number of hydrogen-bond acceptors (Lipinski definition) is 2. The summed E-state index contributed by atoms with van der Waals surface area (Å²) in [5, 5.41) is 0. The number of rotatable bonds is 9. The molecular weight excluding hydrogens is 550 g/mol. The molecule has 2 aliphatic heterocycles. The number of benzene rings is 2. The van der Waals surface area contributed by atoms with Gasteiger partial charge in [0.15, 0.2) is 0 Å². The van der Waals surface area contributed by atoms with Crippen LogP contribution in [0.4, 0.5) is 8.78 Å². The largest absolute Gasteiger partial charge is 0.373 e. The quantitative estimate of drug-likeness (QED) is 0.283. The molecule has 2 saturated carbocycles. The summed E-state index contributed by atoms with van der Waals surface area (Å²) in [6, 6.07) is 10.3. The van der Waals surface area contributed by atoms with Crippen LogP contribution in [0.15, 0.2) is 36.4 Å². The predicted molar refractivity (Wildman–Crippen MR) is 175 cm³/mol. The fourth-order valence-corrected chi connectivity index (χ4v) is 9.43. The average molecular weight is 607 g/mol. The smallest absolute Gasteiger partial charge is 0.131 e. The second-order valence-corrected chi connectivity index (χ2v) is 14.9. The molecule has 242 valence electrons. The van der Waals surface area contributed by atoms with Crippen molar-refractivity contribution in [1.82, 2.24) is 0 Å². The van der Waals surface area contributed by atoms with Gasteiger partial charge < -0.3 is 9.47 Å². The summed E-state index contributed by atoms with van der Waals surface area (Å²) in [6.45, 7) is 6.16. The molecule has 0 aromatic heterocycles. The highest BCUT2D eigenvalue weighted by Crippen LogP contribution is 2.44. The fraction of sp³-hybridized carbons (Fsp3) is 0.700. The zero-order chi connectivity index (χ0) is 30.5. The lowest BCUT2D eigenvalue weighted by atomic mass is 9.72. The van der Waals surface area contributed by atoms with Gasteiger partial charge in [0.2, 0.25) is 0 Å².